The van der Waals surface area contributed by atoms with Crippen molar-refractivity contribution in [1.82, 2.24) is 9.36 Å². The Morgan fingerprint density at radius 3 is 2.91 bits per heavy atom. The summed E-state index contributed by atoms with van der Waals surface area (Å²) in [5, 5.41) is 18.7. The van der Waals surface area contributed by atoms with Gasteiger partial charge in [0.15, 0.2) is 5.00 Å². The van der Waals surface area contributed by atoms with E-state index in [2.05, 4.69) is 24.4 Å². The predicted molar refractivity (Wildman–Crippen MR) is 84.5 cm³/mol. The minimum Gasteiger partial charge on any atom is -0.507 e. The van der Waals surface area contributed by atoms with E-state index in [1.165, 1.54) is 24.4 Å². The van der Waals surface area contributed by atoms with Gasteiger partial charge in [-0.25, -0.2) is 9.22 Å². The molecular formula is C14H8N6O2S. The van der Waals surface area contributed by atoms with Crippen molar-refractivity contribution in [1.29, 1.82) is 0 Å². The zero-order chi connectivity index (χ0) is 16.4. The van der Waals surface area contributed by atoms with Gasteiger partial charge in [0.2, 0.25) is 5.69 Å². The number of fused-ring (bicyclic) bond motifs is 1. The van der Waals surface area contributed by atoms with Gasteiger partial charge in [-0.15, -0.1) is 10.2 Å². The van der Waals surface area contributed by atoms with Crippen molar-refractivity contribution in [3.63, 3.8) is 0 Å². The van der Waals surface area contributed by atoms with Crippen molar-refractivity contribution in [3.8, 4) is 5.75 Å². The molecule has 0 atom stereocenters. The Hall–Kier alpha value is -3.38. The Bertz CT molecular complexity index is 989. The van der Waals surface area contributed by atoms with E-state index in [1.807, 2.05) is 0 Å². The van der Waals surface area contributed by atoms with E-state index in [0.29, 0.717) is 27.3 Å². The molecule has 2 aromatic heterocycles. The number of azo groups is 1. The topological polar surface area (TPSA) is 118 Å². The second-order valence-electron chi connectivity index (χ2n) is 4.42. The molecule has 0 unspecified atom stereocenters. The summed E-state index contributed by atoms with van der Waals surface area (Å²) < 4.78 is 4.18. The summed E-state index contributed by atoms with van der Waals surface area (Å²) >= 11 is 1.09. The monoisotopic (exact) mass is 324 g/mol. The lowest BCUT2D eigenvalue weighted by molar-refractivity contribution is 0.0998. The molecule has 0 aliphatic carbocycles. The van der Waals surface area contributed by atoms with Crippen LogP contribution in [0.1, 0.15) is 10.4 Å². The molecule has 0 radical (unpaired) electrons. The maximum atomic E-state index is 11.2. The highest BCUT2D eigenvalue weighted by molar-refractivity contribution is 7.11. The first kappa shape index (κ1) is 14.6. The summed E-state index contributed by atoms with van der Waals surface area (Å²) in [5.74, 6) is -0.973. The summed E-state index contributed by atoms with van der Waals surface area (Å²) in [6.07, 6.45) is 3.00. The molecule has 0 spiro atoms. The Labute approximate surface area is 133 Å². The molecular weight excluding hydrogens is 316 g/mol. The summed E-state index contributed by atoms with van der Waals surface area (Å²) in [5.41, 5.74) is 6.36. The van der Waals surface area contributed by atoms with Gasteiger partial charge in [0.25, 0.3) is 5.91 Å². The molecule has 9 heteroatoms. The molecule has 112 valence electrons. The summed E-state index contributed by atoms with van der Waals surface area (Å²) in [6.45, 7) is 7.08. The standard InChI is InChI=1S/C14H8N6O2S/c1-16-10-6-17-5-9-12(10)20-23-14(9)19-18-7-2-3-11(21)8(4-7)13(15)22/h2-6,21H,(H2,15,22)/b19-18+. The predicted octanol–water partition coefficient (Wildman–Crippen LogP) is 3.46. The number of aromatic nitrogens is 2. The third kappa shape index (κ3) is 2.70. The van der Waals surface area contributed by atoms with Crippen LogP contribution in [0.5, 0.6) is 5.75 Å². The quantitative estimate of drug-likeness (QED) is 0.566. The van der Waals surface area contributed by atoms with Gasteiger partial charge in [-0.1, -0.05) is 0 Å². The molecule has 0 saturated heterocycles. The van der Waals surface area contributed by atoms with E-state index in [9.17, 15) is 9.90 Å². The normalized spacial score (nSPS) is 10.9. The molecule has 0 saturated carbocycles. The third-order valence-corrected chi connectivity index (χ3v) is 3.72. The van der Waals surface area contributed by atoms with Crippen LogP contribution in [0.15, 0.2) is 40.8 Å². The van der Waals surface area contributed by atoms with Gasteiger partial charge in [-0.2, -0.15) is 0 Å². The number of carbonyl (C=O) groups excluding carboxylic acids is 1. The van der Waals surface area contributed by atoms with Gasteiger partial charge in [0.05, 0.1) is 23.3 Å². The molecule has 0 fully saturated rings. The maximum absolute atomic E-state index is 11.2. The fourth-order valence-electron chi connectivity index (χ4n) is 1.87. The van der Waals surface area contributed by atoms with E-state index < -0.39 is 5.91 Å². The fraction of sp³-hybridized carbons (Fsp3) is 0. The molecule has 1 aromatic carbocycles. The summed E-state index contributed by atoms with van der Waals surface area (Å²) in [4.78, 5) is 18.5. The third-order valence-electron chi connectivity index (χ3n) is 2.97. The first-order chi connectivity index (χ1) is 11.1. The second-order valence-corrected chi connectivity index (χ2v) is 5.17. The number of phenols is 1. The van der Waals surface area contributed by atoms with Crippen molar-refractivity contribution >= 4 is 44.7 Å². The highest BCUT2D eigenvalue weighted by Crippen LogP contribution is 2.35. The van der Waals surface area contributed by atoms with Crippen LogP contribution in [0.25, 0.3) is 15.7 Å². The van der Waals surface area contributed by atoms with Gasteiger partial charge in [-0.3, -0.25) is 9.78 Å². The molecule has 3 rings (SSSR count). The molecule has 2 heterocycles. The van der Waals surface area contributed by atoms with Crippen molar-refractivity contribution in [3.05, 3.63) is 47.6 Å². The highest BCUT2D eigenvalue weighted by atomic mass is 32.1. The van der Waals surface area contributed by atoms with Crippen LogP contribution in [-0.2, 0) is 0 Å². The number of primary amides is 1. The van der Waals surface area contributed by atoms with Gasteiger partial charge in [0.1, 0.15) is 5.75 Å². The lowest BCUT2D eigenvalue weighted by Crippen LogP contribution is -2.10. The zero-order valence-electron chi connectivity index (χ0n) is 11.5. The largest absolute Gasteiger partial charge is 0.507 e. The number of aromatic hydroxyl groups is 1. The lowest BCUT2D eigenvalue weighted by Gasteiger charge is -2.00. The van der Waals surface area contributed by atoms with Crippen molar-refractivity contribution in [2.75, 3.05) is 0 Å². The minimum absolute atomic E-state index is 0.0347. The lowest BCUT2D eigenvalue weighted by atomic mass is 10.2. The minimum atomic E-state index is -0.756. The van der Waals surface area contributed by atoms with Crippen LogP contribution in [-0.4, -0.2) is 20.4 Å². The number of hydrogen-bond donors (Lipinski definition) is 2. The van der Waals surface area contributed by atoms with Gasteiger partial charge >= 0.3 is 0 Å². The first-order valence-electron chi connectivity index (χ1n) is 6.25. The smallest absolute Gasteiger partial charge is 0.252 e. The van der Waals surface area contributed by atoms with Crippen LogP contribution in [0, 0.1) is 6.57 Å². The van der Waals surface area contributed by atoms with E-state index in [-0.39, 0.29) is 11.3 Å². The Morgan fingerprint density at radius 1 is 1.35 bits per heavy atom. The molecule has 8 nitrogen and oxygen atoms in total. The average molecular weight is 324 g/mol. The van der Waals surface area contributed by atoms with Crippen molar-refractivity contribution in [2.45, 2.75) is 0 Å². The number of nitrogens with zero attached hydrogens (tertiary/aromatic N) is 5. The van der Waals surface area contributed by atoms with Crippen LogP contribution in [0.2, 0.25) is 0 Å². The molecule has 1 amide bonds. The fourth-order valence-corrected chi connectivity index (χ4v) is 2.57. The number of benzene rings is 1. The highest BCUT2D eigenvalue weighted by Gasteiger charge is 2.11. The Morgan fingerprint density at radius 2 is 2.17 bits per heavy atom. The van der Waals surface area contributed by atoms with Crippen molar-refractivity contribution < 1.29 is 9.90 Å². The average Bonchev–Trinajstić information content (AvgIpc) is 2.97. The molecule has 23 heavy (non-hydrogen) atoms. The van der Waals surface area contributed by atoms with Crippen LogP contribution in [0.3, 0.4) is 0 Å². The molecule has 0 bridgehead atoms. The number of rotatable bonds is 3. The van der Waals surface area contributed by atoms with E-state index in [0.717, 1.165) is 11.5 Å². The van der Waals surface area contributed by atoms with E-state index in [1.54, 1.807) is 6.20 Å². The summed E-state index contributed by atoms with van der Waals surface area (Å²) in [7, 11) is 0. The van der Waals surface area contributed by atoms with Crippen molar-refractivity contribution in [2.24, 2.45) is 16.0 Å². The summed E-state index contributed by atoms with van der Waals surface area (Å²) in [6, 6.07) is 4.16. The van der Waals surface area contributed by atoms with Gasteiger partial charge in [0, 0.05) is 17.8 Å². The maximum Gasteiger partial charge on any atom is 0.252 e. The zero-order valence-corrected chi connectivity index (χ0v) is 12.3. The molecule has 3 aromatic rings. The number of hydrogen-bond acceptors (Lipinski definition) is 7. The number of amides is 1. The second kappa shape index (κ2) is 5.78. The van der Waals surface area contributed by atoms with Gasteiger partial charge < -0.3 is 10.8 Å². The Balaban J connectivity index is 2.00. The molecule has 0 aliphatic heterocycles. The first-order valence-corrected chi connectivity index (χ1v) is 7.03. The van der Waals surface area contributed by atoms with Crippen LogP contribution < -0.4 is 5.73 Å². The van der Waals surface area contributed by atoms with Crippen LogP contribution >= 0.6 is 11.5 Å². The Kier molecular flexibility index (Phi) is 3.66. The van der Waals surface area contributed by atoms with E-state index >= 15 is 0 Å². The SMILES string of the molecule is [C-]#[N+]c1cncc2c(/N=N/c3ccc(O)c(C(N)=O)c3)snc12. The number of pyridine rings is 1. The number of nitrogens with two attached hydrogens (primary N) is 1. The van der Waals surface area contributed by atoms with Crippen LogP contribution in [0.4, 0.5) is 16.4 Å². The number of carbonyl (C=O) groups is 1. The van der Waals surface area contributed by atoms with E-state index in [4.69, 9.17) is 12.3 Å². The van der Waals surface area contributed by atoms with Gasteiger partial charge in [-0.05, 0) is 29.7 Å². The molecule has 0 aliphatic rings. The molecule has 3 N–H and O–H groups in total.